The Morgan fingerprint density at radius 2 is 0.897 bits per heavy atom. The zero-order valence-corrected chi connectivity index (χ0v) is 38.7. The lowest BCUT2D eigenvalue weighted by Crippen LogP contribution is -2.29. The van der Waals surface area contributed by atoms with Gasteiger partial charge < -0.3 is 20.1 Å². The number of rotatable bonds is 46. The molecule has 0 aromatic rings. The van der Waals surface area contributed by atoms with E-state index in [0.29, 0.717) is 6.42 Å². The van der Waals surface area contributed by atoms with Crippen LogP contribution < -0.4 is 5.73 Å². The summed E-state index contributed by atoms with van der Waals surface area (Å²) in [7, 11) is -4.38. The van der Waals surface area contributed by atoms with Gasteiger partial charge in [-0.1, -0.05) is 205 Å². The number of allylic oxidation sites excluding steroid dienone is 4. The van der Waals surface area contributed by atoms with Crippen LogP contribution in [-0.2, 0) is 32.7 Å². The van der Waals surface area contributed by atoms with E-state index in [4.69, 9.17) is 24.3 Å². The molecule has 0 aliphatic rings. The summed E-state index contributed by atoms with van der Waals surface area (Å²) in [6.45, 7) is 3.73. The SMILES string of the molecule is CCCCCCCC/C=C/C/C=C/CCCCC(=O)O[C@H](COC(=O)CCCCCCCCCCCCCCCCCCCCCCCC)COP(=O)(O)OCCN. The molecule has 10 heteroatoms. The van der Waals surface area contributed by atoms with E-state index in [1.54, 1.807) is 0 Å². The maximum absolute atomic E-state index is 12.6. The van der Waals surface area contributed by atoms with E-state index in [1.807, 2.05) is 0 Å². The lowest BCUT2D eigenvalue weighted by molar-refractivity contribution is -0.161. The normalized spacial score (nSPS) is 13.4. The average molecular weight is 842 g/mol. The van der Waals surface area contributed by atoms with Crippen molar-refractivity contribution in [3.63, 3.8) is 0 Å². The number of hydrogen-bond acceptors (Lipinski definition) is 8. The van der Waals surface area contributed by atoms with Crippen LogP contribution in [-0.4, -0.2) is 49.3 Å². The van der Waals surface area contributed by atoms with Crippen molar-refractivity contribution in [3.8, 4) is 0 Å². The number of esters is 2. The first-order valence-corrected chi connectivity index (χ1v) is 25.8. The quantitative estimate of drug-likeness (QED) is 0.0266. The standard InChI is InChI=1S/C48H92NO8P/c1-3-5-7-9-11-13-15-17-19-20-21-22-23-24-25-27-28-30-32-34-36-38-40-47(50)54-44-46(45-56-58(52,53)55-43-42-49)57-48(51)41-39-37-35-33-31-29-26-18-16-14-12-10-8-6-4-2/h18,26,31,33,46H,3-17,19-25,27-30,32,34-45,49H2,1-2H3,(H,52,53)/b26-18+,33-31+/t46-/m1/s1. The van der Waals surface area contributed by atoms with Crippen molar-refractivity contribution in [1.29, 1.82) is 0 Å². The molecule has 58 heavy (non-hydrogen) atoms. The molecule has 0 saturated heterocycles. The van der Waals surface area contributed by atoms with Crippen LogP contribution in [0, 0.1) is 0 Å². The molecule has 342 valence electrons. The van der Waals surface area contributed by atoms with Crippen molar-refractivity contribution >= 4 is 19.8 Å². The molecule has 3 N–H and O–H groups in total. The lowest BCUT2D eigenvalue weighted by atomic mass is 10.0. The molecule has 2 atom stereocenters. The van der Waals surface area contributed by atoms with Crippen LogP contribution in [0.5, 0.6) is 0 Å². The van der Waals surface area contributed by atoms with E-state index in [9.17, 15) is 19.0 Å². The molecule has 0 aliphatic heterocycles. The minimum absolute atomic E-state index is 0.0502. The number of unbranched alkanes of at least 4 members (excludes halogenated alkanes) is 29. The van der Waals surface area contributed by atoms with Gasteiger partial charge in [0, 0.05) is 19.4 Å². The molecule has 0 aromatic carbocycles. The van der Waals surface area contributed by atoms with E-state index >= 15 is 0 Å². The van der Waals surface area contributed by atoms with Gasteiger partial charge in [-0.3, -0.25) is 18.6 Å². The van der Waals surface area contributed by atoms with E-state index in [1.165, 1.54) is 161 Å². The van der Waals surface area contributed by atoms with Gasteiger partial charge in [-0.05, 0) is 44.9 Å². The highest BCUT2D eigenvalue weighted by Gasteiger charge is 2.26. The number of nitrogens with two attached hydrogens (primary N) is 1. The molecular formula is C48H92NO8P. The summed E-state index contributed by atoms with van der Waals surface area (Å²) >= 11 is 0. The minimum Gasteiger partial charge on any atom is -0.462 e. The molecular weight excluding hydrogens is 750 g/mol. The van der Waals surface area contributed by atoms with Crippen LogP contribution in [0.1, 0.15) is 239 Å². The summed E-state index contributed by atoms with van der Waals surface area (Å²) in [5.74, 6) is -0.855. The molecule has 9 nitrogen and oxygen atoms in total. The average Bonchev–Trinajstić information content (AvgIpc) is 3.21. The van der Waals surface area contributed by atoms with Crippen LogP contribution >= 0.6 is 7.82 Å². The Kier molecular flexibility index (Phi) is 43.9. The van der Waals surface area contributed by atoms with E-state index in [0.717, 1.165) is 44.9 Å². The number of hydrogen-bond donors (Lipinski definition) is 2. The Morgan fingerprint density at radius 3 is 1.34 bits per heavy atom. The highest BCUT2D eigenvalue weighted by atomic mass is 31.2. The van der Waals surface area contributed by atoms with Crippen LogP contribution in [0.3, 0.4) is 0 Å². The van der Waals surface area contributed by atoms with Gasteiger partial charge >= 0.3 is 19.8 Å². The third-order valence-electron chi connectivity index (χ3n) is 10.6. The summed E-state index contributed by atoms with van der Waals surface area (Å²) in [6, 6.07) is 0. The summed E-state index contributed by atoms with van der Waals surface area (Å²) < 4.78 is 32.8. The van der Waals surface area contributed by atoms with Gasteiger partial charge in [0.25, 0.3) is 0 Å². The third kappa shape index (κ3) is 44.1. The summed E-state index contributed by atoms with van der Waals surface area (Å²) in [5, 5.41) is 0. The second kappa shape index (κ2) is 45.0. The second-order valence-corrected chi connectivity index (χ2v) is 17.8. The number of ether oxygens (including phenoxy) is 2. The van der Waals surface area contributed by atoms with Gasteiger partial charge in [0.1, 0.15) is 6.61 Å². The Bertz CT molecular complexity index is 1010. The van der Waals surface area contributed by atoms with E-state index in [-0.39, 0.29) is 38.6 Å². The summed E-state index contributed by atoms with van der Waals surface area (Å²) in [5.41, 5.74) is 5.35. The summed E-state index contributed by atoms with van der Waals surface area (Å²) in [4.78, 5) is 34.9. The van der Waals surface area contributed by atoms with Gasteiger partial charge in [-0.2, -0.15) is 0 Å². The van der Waals surface area contributed by atoms with Crippen molar-refractivity contribution in [1.82, 2.24) is 0 Å². The predicted molar refractivity (Wildman–Crippen MR) is 243 cm³/mol. The topological polar surface area (TPSA) is 134 Å². The molecule has 0 aliphatic carbocycles. The van der Waals surface area contributed by atoms with Crippen molar-refractivity contribution in [2.45, 2.75) is 245 Å². The highest BCUT2D eigenvalue weighted by molar-refractivity contribution is 7.47. The zero-order chi connectivity index (χ0) is 42.5. The van der Waals surface area contributed by atoms with Crippen LogP contribution in [0.2, 0.25) is 0 Å². The number of phosphoric ester groups is 1. The zero-order valence-electron chi connectivity index (χ0n) is 37.8. The maximum atomic E-state index is 12.6. The Morgan fingerprint density at radius 1 is 0.517 bits per heavy atom. The number of carbonyl (C=O) groups is 2. The van der Waals surface area contributed by atoms with Crippen molar-refractivity contribution in [2.75, 3.05) is 26.4 Å². The van der Waals surface area contributed by atoms with Gasteiger partial charge in [0.05, 0.1) is 13.2 Å². The fourth-order valence-corrected chi connectivity index (χ4v) is 7.73. The first kappa shape index (κ1) is 56.5. The van der Waals surface area contributed by atoms with Crippen LogP contribution in [0.15, 0.2) is 24.3 Å². The lowest BCUT2D eigenvalue weighted by Gasteiger charge is -2.19. The molecule has 0 aromatic heterocycles. The third-order valence-corrected chi connectivity index (χ3v) is 11.6. The van der Waals surface area contributed by atoms with Crippen LogP contribution in [0.25, 0.3) is 0 Å². The summed E-state index contributed by atoms with van der Waals surface area (Å²) in [6.07, 6.45) is 49.4. The van der Waals surface area contributed by atoms with Crippen molar-refractivity contribution in [2.24, 2.45) is 5.73 Å². The predicted octanol–water partition coefficient (Wildman–Crippen LogP) is 14.3. The molecule has 0 spiro atoms. The fourth-order valence-electron chi connectivity index (χ4n) is 6.96. The smallest absolute Gasteiger partial charge is 0.462 e. The molecule has 0 bridgehead atoms. The monoisotopic (exact) mass is 842 g/mol. The van der Waals surface area contributed by atoms with Gasteiger partial charge in [0.15, 0.2) is 6.10 Å². The molecule has 0 amide bonds. The van der Waals surface area contributed by atoms with Crippen molar-refractivity contribution < 1.29 is 37.6 Å². The van der Waals surface area contributed by atoms with E-state index < -0.39 is 26.5 Å². The highest BCUT2D eigenvalue weighted by Crippen LogP contribution is 2.43. The Labute approximate surface area is 357 Å². The molecule has 0 saturated carbocycles. The first-order valence-electron chi connectivity index (χ1n) is 24.3. The van der Waals surface area contributed by atoms with Gasteiger partial charge in [0.2, 0.25) is 0 Å². The largest absolute Gasteiger partial charge is 0.472 e. The fraction of sp³-hybridized carbons (Fsp3) is 0.875. The van der Waals surface area contributed by atoms with Crippen LogP contribution in [0.4, 0.5) is 0 Å². The molecule has 1 unspecified atom stereocenters. The molecule has 0 heterocycles. The molecule has 0 radical (unpaired) electrons. The Hall–Kier alpha value is -1.51. The molecule has 0 fully saturated rings. The minimum atomic E-state index is -4.38. The van der Waals surface area contributed by atoms with E-state index in [2.05, 4.69) is 38.2 Å². The molecule has 0 rings (SSSR count). The maximum Gasteiger partial charge on any atom is 0.472 e. The Balaban J connectivity index is 4.05. The van der Waals surface area contributed by atoms with Gasteiger partial charge in [-0.25, -0.2) is 4.57 Å². The second-order valence-electron chi connectivity index (χ2n) is 16.3. The van der Waals surface area contributed by atoms with Gasteiger partial charge in [-0.15, -0.1) is 0 Å². The first-order chi connectivity index (χ1) is 28.3. The number of phosphoric acid groups is 1. The number of carbonyl (C=O) groups excluding carboxylic acids is 2. The van der Waals surface area contributed by atoms with Crippen molar-refractivity contribution in [3.05, 3.63) is 24.3 Å².